The molecule has 2 aliphatic rings. The second-order valence-corrected chi connectivity index (χ2v) is 8.42. The molecule has 0 aliphatic carbocycles. The van der Waals surface area contributed by atoms with Crippen molar-refractivity contribution in [1.29, 1.82) is 0 Å². The average Bonchev–Trinajstić information content (AvgIpc) is 3.31. The number of piperidine rings is 1. The molecule has 0 spiro atoms. The lowest BCUT2D eigenvalue weighted by Crippen LogP contribution is -2.40. The summed E-state index contributed by atoms with van der Waals surface area (Å²) in [6.07, 6.45) is 5.87. The van der Waals surface area contributed by atoms with E-state index in [2.05, 4.69) is 21.8 Å². The predicted octanol–water partition coefficient (Wildman–Crippen LogP) is 3.42. The lowest BCUT2D eigenvalue weighted by atomic mass is 10.00. The monoisotopic (exact) mass is 417 g/mol. The first kappa shape index (κ1) is 19.7. The molecule has 2 amide bonds. The highest BCUT2D eigenvalue weighted by Gasteiger charge is 2.32. The van der Waals surface area contributed by atoms with Gasteiger partial charge in [-0.3, -0.25) is 9.59 Å². The Kier molecular flexibility index (Phi) is 5.18. The molecule has 31 heavy (non-hydrogen) atoms. The molecule has 1 N–H and O–H groups in total. The van der Waals surface area contributed by atoms with E-state index in [0.717, 1.165) is 48.2 Å². The van der Waals surface area contributed by atoms with Crippen molar-refractivity contribution in [1.82, 2.24) is 24.8 Å². The van der Waals surface area contributed by atoms with Crippen LogP contribution in [0.5, 0.6) is 0 Å². The summed E-state index contributed by atoms with van der Waals surface area (Å²) >= 11 is 0. The van der Waals surface area contributed by atoms with E-state index in [9.17, 15) is 9.59 Å². The molecule has 1 unspecified atom stereocenters. The quantitative estimate of drug-likeness (QED) is 0.690. The third-order valence-corrected chi connectivity index (χ3v) is 6.44. The normalized spacial score (nSPS) is 18.9. The number of aromatic nitrogens is 3. The first-order valence-electron chi connectivity index (χ1n) is 11.1. The van der Waals surface area contributed by atoms with Crippen molar-refractivity contribution in [2.45, 2.75) is 51.1 Å². The lowest BCUT2D eigenvalue weighted by Gasteiger charge is -2.34. The Morgan fingerprint density at radius 2 is 1.97 bits per heavy atom. The van der Waals surface area contributed by atoms with Crippen molar-refractivity contribution in [3.8, 4) is 0 Å². The minimum atomic E-state index is -0.230. The topological polar surface area (TPSA) is 80.1 Å². The highest BCUT2D eigenvalue weighted by atomic mass is 16.2. The molecule has 0 bridgehead atoms. The van der Waals surface area contributed by atoms with Gasteiger partial charge in [0.25, 0.3) is 5.91 Å². The maximum absolute atomic E-state index is 13.0. The second kappa shape index (κ2) is 8.13. The van der Waals surface area contributed by atoms with Crippen LogP contribution in [0.2, 0.25) is 0 Å². The van der Waals surface area contributed by atoms with Gasteiger partial charge in [0.2, 0.25) is 5.91 Å². The number of carbonyl (C=O) groups is 2. The fourth-order valence-corrected chi connectivity index (χ4v) is 4.92. The van der Waals surface area contributed by atoms with E-state index in [4.69, 9.17) is 4.98 Å². The molecule has 0 saturated carbocycles. The van der Waals surface area contributed by atoms with E-state index in [0.29, 0.717) is 31.1 Å². The molecule has 1 aromatic carbocycles. The summed E-state index contributed by atoms with van der Waals surface area (Å²) in [5, 5.41) is 2.96. The third kappa shape index (κ3) is 3.58. The molecule has 160 valence electrons. The second-order valence-electron chi connectivity index (χ2n) is 8.42. The molecule has 3 aromatic rings. The van der Waals surface area contributed by atoms with E-state index >= 15 is 0 Å². The summed E-state index contributed by atoms with van der Waals surface area (Å²) < 4.78 is 2.30. The van der Waals surface area contributed by atoms with Crippen molar-refractivity contribution < 1.29 is 9.59 Å². The van der Waals surface area contributed by atoms with Crippen LogP contribution in [0.25, 0.3) is 11.2 Å². The standard InChI is InChI=1S/C24H27N5O2/c1-2-6-21-26-19-9-5-12-25-23(19)29(21)16-10-13-28(14-11-16)22(30)15-20-17-7-3-4-8-18(17)24(31)27-20/h3-5,7-9,12,16,20H,2,6,10-11,13-15H2,1H3,(H,27,31). The van der Waals surface area contributed by atoms with Crippen molar-refractivity contribution in [2.75, 3.05) is 13.1 Å². The molecular weight excluding hydrogens is 390 g/mol. The number of hydrogen-bond donors (Lipinski definition) is 1. The zero-order valence-corrected chi connectivity index (χ0v) is 17.8. The summed E-state index contributed by atoms with van der Waals surface area (Å²) in [5.74, 6) is 1.10. The highest BCUT2D eigenvalue weighted by Crippen LogP contribution is 2.31. The van der Waals surface area contributed by atoms with Gasteiger partial charge in [0.1, 0.15) is 11.3 Å². The van der Waals surface area contributed by atoms with Gasteiger partial charge in [-0.15, -0.1) is 0 Å². The van der Waals surface area contributed by atoms with Gasteiger partial charge in [-0.25, -0.2) is 9.97 Å². The van der Waals surface area contributed by atoms with E-state index in [1.54, 1.807) is 0 Å². The number of rotatable bonds is 5. The zero-order valence-electron chi connectivity index (χ0n) is 17.8. The van der Waals surface area contributed by atoms with Gasteiger partial charge in [-0.05, 0) is 43.0 Å². The summed E-state index contributed by atoms with van der Waals surface area (Å²) in [7, 11) is 0. The Bertz CT molecular complexity index is 1130. The molecule has 1 atom stereocenters. The molecule has 4 heterocycles. The minimum absolute atomic E-state index is 0.0879. The maximum atomic E-state index is 13.0. The SMILES string of the molecule is CCCc1nc2cccnc2n1C1CCN(C(=O)CC2NC(=O)c3ccccc32)CC1. The van der Waals surface area contributed by atoms with Gasteiger partial charge in [0.15, 0.2) is 5.65 Å². The minimum Gasteiger partial charge on any atom is -0.345 e. The van der Waals surface area contributed by atoms with Crippen LogP contribution >= 0.6 is 0 Å². The zero-order chi connectivity index (χ0) is 21.4. The number of benzene rings is 1. The van der Waals surface area contributed by atoms with E-state index < -0.39 is 0 Å². The van der Waals surface area contributed by atoms with Crippen LogP contribution in [0.3, 0.4) is 0 Å². The first-order chi connectivity index (χ1) is 15.2. The summed E-state index contributed by atoms with van der Waals surface area (Å²) in [5.41, 5.74) is 3.50. The Morgan fingerprint density at radius 3 is 2.77 bits per heavy atom. The third-order valence-electron chi connectivity index (χ3n) is 6.44. The van der Waals surface area contributed by atoms with Crippen LogP contribution in [0.15, 0.2) is 42.6 Å². The van der Waals surface area contributed by atoms with Crippen molar-refractivity contribution in [3.05, 3.63) is 59.5 Å². The maximum Gasteiger partial charge on any atom is 0.252 e. The summed E-state index contributed by atoms with van der Waals surface area (Å²) in [6, 6.07) is 11.5. The molecule has 1 saturated heterocycles. The van der Waals surface area contributed by atoms with Crippen LogP contribution in [0.4, 0.5) is 0 Å². The smallest absolute Gasteiger partial charge is 0.252 e. The number of amides is 2. The van der Waals surface area contributed by atoms with Crippen LogP contribution in [0.1, 0.15) is 66.4 Å². The van der Waals surface area contributed by atoms with Gasteiger partial charge < -0.3 is 14.8 Å². The number of pyridine rings is 1. The van der Waals surface area contributed by atoms with Crippen molar-refractivity contribution in [3.63, 3.8) is 0 Å². The Morgan fingerprint density at radius 1 is 1.16 bits per heavy atom. The number of carbonyl (C=O) groups excluding carboxylic acids is 2. The van der Waals surface area contributed by atoms with E-state index in [1.165, 1.54) is 0 Å². The van der Waals surface area contributed by atoms with Gasteiger partial charge >= 0.3 is 0 Å². The number of nitrogens with one attached hydrogen (secondary N) is 1. The number of nitrogens with zero attached hydrogens (tertiary/aromatic N) is 4. The van der Waals surface area contributed by atoms with E-state index in [-0.39, 0.29) is 17.9 Å². The Hall–Kier alpha value is -3.22. The Balaban J connectivity index is 1.27. The number of likely N-dealkylation sites (tertiary alicyclic amines) is 1. The fourth-order valence-electron chi connectivity index (χ4n) is 4.92. The van der Waals surface area contributed by atoms with Gasteiger partial charge in [-0.1, -0.05) is 25.1 Å². The molecule has 7 heteroatoms. The predicted molar refractivity (Wildman–Crippen MR) is 118 cm³/mol. The number of aryl methyl sites for hydroxylation is 1. The fraction of sp³-hybridized carbons (Fsp3) is 0.417. The van der Waals surface area contributed by atoms with Gasteiger partial charge in [0, 0.05) is 37.3 Å². The molecular formula is C24H27N5O2. The molecule has 2 aromatic heterocycles. The summed E-state index contributed by atoms with van der Waals surface area (Å²) in [6.45, 7) is 3.59. The van der Waals surface area contributed by atoms with Gasteiger partial charge in [-0.2, -0.15) is 0 Å². The van der Waals surface area contributed by atoms with Crippen LogP contribution < -0.4 is 5.32 Å². The Labute approximate surface area is 181 Å². The molecule has 1 fully saturated rings. The van der Waals surface area contributed by atoms with E-state index in [1.807, 2.05) is 47.5 Å². The number of fused-ring (bicyclic) bond motifs is 2. The lowest BCUT2D eigenvalue weighted by molar-refractivity contribution is -0.133. The number of imidazole rings is 1. The van der Waals surface area contributed by atoms with Crippen molar-refractivity contribution >= 4 is 23.0 Å². The van der Waals surface area contributed by atoms with Gasteiger partial charge in [0.05, 0.1) is 12.5 Å². The van der Waals surface area contributed by atoms with Crippen LogP contribution in [-0.2, 0) is 11.2 Å². The number of hydrogen-bond acceptors (Lipinski definition) is 4. The first-order valence-corrected chi connectivity index (χ1v) is 11.1. The molecule has 7 nitrogen and oxygen atoms in total. The van der Waals surface area contributed by atoms with Crippen LogP contribution in [0, 0.1) is 0 Å². The highest BCUT2D eigenvalue weighted by molar-refractivity contribution is 5.99. The molecule has 5 rings (SSSR count). The molecule has 2 aliphatic heterocycles. The average molecular weight is 418 g/mol. The van der Waals surface area contributed by atoms with Crippen molar-refractivity contribution in [2.24, 2.45) is 0 Å². The summed E-state index contributed by atoms with van der Waals surface area (Å²) in [4.78, 5) is 36.5. The molecule has 0 radical (unpaired) electrons. The van der Waals surface area contributed by atoms with Crippen LogP contribution in [-0.4, -0.2) is 44.3 Å². The largest absolute Gasteiger partial charge is 0.345 e.